The summed E-state index contributed by atoms with van der Waals surface area (Å²) in [4.78, 5) is 30.7. The van der Waals surface area contributed by atoms with Crippen LogP contribution in [0.2, 0.25) is 0 Å². The first-order valence-corrected chi connectivity index (χ1v) is 11.3. The molecule has 0 fully saturated rings. The smallest absolute Gasteiger partial charge is 0.331 e. The molecule has 0 aliphatic carbocycles. The van der Waals surface area contributed by atoms with E-state index in [4.69, 9.17) is 14.7 Å². The Morgan fingerprint density at radius 1 is 0.968 bits per heavy atom. The van der Waals surface area contributed by atoms with Gasteiger partial charge >= 0.3 is 5.97 Å². The highest BCUT2D eigenvalue weighted by atomic mass is 32.2. The van der Waals surface area contributed by atoms with Gasteiger partial charge in [0.2, 0.25) is 5.78 Å². The molecule has 0 heterocycles. The minimum atomic E-state index is -0.543. The lowest BCUT2D eigenvalue weighted by Crippen LogP contribution is -2.16. The van der Waals surface area contributed by atoms with Crippen LogP contribution in [0.4, 0.5) is 0 Å². The monoisotopic (exact) mass is 443 g/mol. The zero-order chi connectivity index (χ0) is 22.5. The minimum Gasteiger partial charge on any atom is -0.491 e. The molecule has 2 aromatic rings. The van der Waals surface area contributed by atoms with Crippen LogP contribution in [-0.4, -0.2) is 35.8 Å². The molecule has 0 aromatic heterocycles. The van der Waals surface area contributed by atoms with E-state index in [9.17, 15) is 9.59 Å². The van der Waals surface area contributed by atoms with Crippen molar-refractivity contribution in [2.75, 3.05) is 13.2 Å². The highest BCUT2D eigenvalue weighted by Crippen LogP contribution is 2.29. The summed E-state index contributed by atoms with van der Waals surface area (Å²) in [6.07, 6.45) is 4.50. The summed E-state index contributed by atoms with van der Waals surface area (Å²) in [5.41, 5.74) is 0.781. The summed E-state index contributed by atoms with van der Waals surface area (Å²) >= 11 is 1.57. The molecule has 0 saturated heterocycles. The van der Waals surface area contributed by atoms with E-state index in [-0.39, 0.29) is 24.7 Å². The molecule has 6 nitrogen and oxygen atoms in total. The van der Waals surface area contributed by atoms with Crippen LogP contribution in [0.5, 0.6) is 5.75 Å². The van der Waals surface area contributed by atoms with Crippen molar-refractivity contribution in [3.05, 3.63) is 54.1 Å². The number of hydrogen-bond donors (Lipinski definition) is 1. The van der Waals surface area contributed by atoms with E-state index in [1.54, 1.807) is 23.9 Å². The van der Waals surface area contributed by atoms with Gasteiger partial charge in [-0.3, -0.25) is 4.79 Å². The van der Waals surface area contributed by atoms with Gasteiger partial charge in [0.05, 0.1) is 6.61 Å². The van der Waals surface area contributed by atoms with Crippen LogP contribution < -0.4 is 4.74 Å². The molecule has 0 atom stereocenters. The average Bonchev–Trinajstić information content (AvgIpc) is 2.78. The van der Waals surface area contributed by atoms with Crippen molar-refractivity contribution in [1.29, 1.82) is 0 Å². The van der Waals surface area contributed by atoms with E-state index in [1.165, 1.54) is 6.92 Å². The number of ether oxygens (including phenoxy) is 1. The molecule has 0 amide bonds. The fourth-order valence-electron chi connectivity index (χ4n) is 2.78. The SMILES string of the molecule is CCCCCC/C(=N/OC(C)=O)C(=O)c1ccc(Sc2ccc(OCCO)cc2)cc1. The standard InChI is InChI=1S/C24H29NO5S/c1-3-4-5-6-7-23(25-30-18(2)27)24(28)19-8-12-21(13-9-19)31-22-14-10-20(11-15-22)29-17-16-26/h8-15,26H,3-7,16-17H2,1-2H3/b25-23-. The third-order valence-corrected chi connectivity index (χ3v) is 5.37. The largest absolute Gasteiger partial charge is 0.491 e. The Morgan fingerprint density at radius 3 is 2.19 bits per heavy atom. The zero-order valence-electron chi connectivity index (χ0n) is 18.0. The maximum Gasteiger partial charge on any atom is 0.331 e. The van der Waals surface area contributed by atoms with Gasteiger partial charge in [-0.2, -0.15) is 0 Å². The number of hydrogen-bond acceptors (Lipinski definition) is 7. The molecule has 166 valence electrons. The highest BCUT2D eigenvalue weighted by molar-refractivity contribution is 7.99. The molecule has 0 unspecified atom stereocenters. The molecule has 0 saturated carbocycles. The Hall–Kier alpha value is -2.64. The number of unbranched alkanes of at least 4 members (excludes halogenated alkanes) is 3. The average molecular weight is 444 g/mol. The highest BCUT2D eigenvalue weighted by Gasteiger charge is 2.15. The molecule has 2 aromatic carbocycles. The second-order valence-electron chi connectivity index (χ2n) is 6.93. The van der Waals surface area contributed by atoms with Crippen molar-refractivity contribution in [1.82, 2.24) is 0 Å². The van der Waals surface area contributed by atoms with Gasteiger partial charge in [-0.1, -0.05) is 43.1 Å². The second kappa shape index (κ2) is 13.6. The molecular formula is C24H29NO5S. The first kappa shape index (κ1) is 24.6. The summed E-state index contributed by atoms with van der Waals surface area (Å²) in [6.45, 7) is 3.63. The van der Waals surface area contributed by atoms with Crippen LogP contribution >= 0.6 is 11.8 Å². The number of aliphatic hydroxyl groups is 1. The van der Waals surface area contributed by atoms with Gasteiger partial charge in [-0.05, 0) is 61.4 Å². The maximum atomic E-state index is 12.9. The Labute approximate surface area is 187 Å². The molecule has 0 aliphatic rings. The normalized spacial score (nSPS) is 11.3. The van der Waals surface area contributed by atoms with Crippen molar-refractivity contribution in [2.45, 2.75) is 55.7 Å². The van der Waals surface area contributed by atoms with E-state index in [1.807, 2.05) is 36.4 Å². The molecular weight excluding hydrogens is 414 g/mol. The van der Waals surface area contributed by atoms with E-state index in [2.05, 4.69) is 12.1 Å². The van der Waals surface area contributed by atoms with Crippen LogP contribution in [0.3, 0.4) is 0 Å². The van der Waals surface area contributed by atoms with Crippen LogP contribution in [0, 0.1) is 0 Å². The van der Waals surface area contributed by atoms with Crippen LogP contribution in [0.1, 0.15) is 56.3 Å². The number of carbonyl (C=O) groups is 2. The fraction of sp³-hybridized carbons (Fsp3) is 0.375. The van der Waals surface area contributed by atoms with Crippen molar-refractivity contribution in [2.24, 2.45) is 5.16 Å². The molecule has 0 spiro atoms. The van der Waals surface area contributed by atoms with Crippen molar-refractivity contribution >= 4 is 29.2 Å². The Bertz CT molecular complexity index is 863. The number of ketones is 1. The predicted molar refractivity (Wildman–Crippen MR) is 122 cm³/mol. The van der Waals surface area contributed by atoms with Crippen molar-refractivity contribution < 1.29 is 24.3 Å². The first-order chi connectivity index (χ1) is 15.0. The molecule has 0 bridgehead atoms. The zero-order valence-corrected chi connectivity index (χ0v) is 18.8. The molecule has 2 rings (SSSR count). The third kappa shape index (κ3) is 8.94. The number of carbonyl (C=O) groups excluding carboxylic acids is 2. The lowest BCUT2D eigenvalue weighted by Gasteiger charge is -2.08. The summed E-state index contributed by atoms with van der Waals surface area (Å²) in [5, 5.41) is 12.6. The Kier molecular flexibility index (Phi) is 10.8. The Balaban J connectivity index is 2.02. The van der Waals surface area contributed by atoms with Gasteiger partial charge in [0.15, 0.2) is 0 Å². The summed E-state index contributed by atoms with van der Waals surface area (Å²) < 4.78 is 5.36. The van der Waals surface area contributed by atoms with Gasteiger partial charge in [0.25, 0.3) is 0 Å². The van der Waals surface area contributed by atoms with Gasteiger partial charge < -0.3 is 14.7 Å². The van der Waals surface area contributed by atoms with Gasteiger partial charge in [0, 0.05) is 22.3 Å². The topological polar surface area (TPSA) is 85.2 Å². The number of benzene rings is 2. The van der Waals surface area contributed by atoms with E-state index < -0.39 is 5.97 Å². The number of nitrogens with zero attached hydrogens (tertiary/aromatic N) is 1. The lowest BCUT2D eigenvalue weighted by molar-refractivity contribution is -0.140. The third-order valence-electron chi connectivity index (χ3n) is 4.35. The molecule has 1 N–H and O–H groups in total. The number of oxime groups is 1. The van der Waals surface area contributed by atoms with Crippen molar-refractivity contribution in [3.8, 4) is 5.75 Å². The van der Waals surface area contributed by atoms with E-state index >= 15 is 0 Å². The van der Waals surface area contributed by atoms with Crippen molar-refractivity contribution in [3.63, 3.8) is 0 Å². The molecule has 31 heavy (non-hydrogen) atoms. The lowest BCUT2D eigenvalue weighted by atomic mass is 10.0. The predicted octanol–water partition coefficient (Wildman–Crippen LogP) is 5.28. The number of aliphatic hydroxyl groups excluding tert-OH is 1. The summed E-state index contributed by atoms with van der Waals surface area (Å²) in [7, 11) is 0. The summed E-state index contributed by atoms with van der Waals surface area (Å²) in [5.74, 6) is -0.0593. The van der Waals surface area contributed by atoms with Gasteiger partial charge in [-0.25, -0.2) is 4.79 Å². The quantitative estimate of drug-likeness (QED) is 0.149. The van der Waals surface area contributed by atoms with Gasteiger partial charge in [-0.15, -0.1) is 0 Å². The fourth-order valence-corrected chi connectivity index (χ4v) is 3.60. The van der Waals surface area contributed by atoms with Crippen LogP contribution in [-0.2, 0) is 9.63 Å². The van der Waals surface area contributed by atoms with Crippen LogP contribution in [0.15, 0.2) is 63.5 Å². The minimum absolute atomic E-state index is 0.0202. The maximum absolute atomic E-state index is 12.9. The molecule has 0 aliphatic heterocycles. The number of Topliss-reactive ketones (excluding diaryl/α,β-unsaturated/α-hetero) is 1. The van der Waals surface area contributed by atoms with Crippen LogP contribution in [0.25, 0.3) is 0 Å². The van der Waals surface area contributed by atoms with E-state index in [0.717, 1.165) is 35.5 Å². The second-order valence-corrected chi connectivity index (χ2v) is 8.08. The Morgan fingerprint density at radius 2 is 1.61 bits per heavy atom. The molecule has 0 radical (unpaired) electrons. The summed E-state index contributed by atoms with van der Waals surface area (Å²) in [6, 6.07) is 14.9. The number of rotatable bonds is 13. The molecule has 7 heteroatoms. The first-order valence-electron chi connectivity index (χ1n) is 10.4. The van der Waals surface area contributed by atoms with E-state index in [0.29, 0.717) is 17.7 Å². The van der Waals surface area contributed by atoms with Gasteiger partial charge in [0.1, 0.15) is 18.1 Å².